The molecule has 2 aromatic heterocycles. The molecule has 0 bridgehead atoms. The zero-order chi connectivity index (χ0) is 19.8. The number of rotatable bonds is 6. The molecule has 0 aliphatic rings. The van der Waals surface area contributed by atoms with Crippen molar-refractivity contribution in [3.05, 3.63) is 88.6 Å². The van der Waals surface area contributed by atoms with E-state index < -0.39 is 11.9 Å². The molecule has 28 heavy (non-hydrogen) atoms. The van der Waals surface area contributed by atoms with Crippen molar-refractivity contribution in [1.82, 2.24) is 10.4 Å². The number of amides is 1. The van der Waals surface area contributed by atoms with Gasteiger partial charge in [-0.25, -0.2) is 10.2 Å². The zero-order valence-electron chi connectivity index (χ0n) is 14.4. The monoisotopic (exact) mass is 439 g/mol. The molecular weight excluding hydrogens is 426 g/mol. The molecule has 0 saturated carbocycles. The predicted octanol–water partition coefficient (Wildman–Crippen LogP) is 3.82. The number of benzene rings is 1. The van der Waals surface area contributed by atoms with Crippen molar-refractivity contribution in [3.8, 4) is 5.75 Å². The van der Waals surface area contributed by atoms with E-state index in [2.05, 4.69) is 31.4 Å². The summed E-state index contributed by atoms with van der Waals surface area (Å²) in [6, 6.07) is 11.8. The average Bonchev–Trinajstić information content (AvgIpc) is 3.22. The van der Waals surface area contributed by atoms with Crippen molar-refractivity contribution in [2.75, 3.05) is 0 Å². The number of esters is 1. The Morgan fingerprint density at radius 1 is 1.21 bits per heavy atom. The highest BCUT2D eigenvalue weighted by Gasteiger charge is 2.08. The third-order valence-electron chi connectivity index (χ3n) is 3.40. The standard InChI is InChI=1S/C20H14BrN3O4/c21-16-5-7-18(28-19(25)8-6-17-4-2-10-27-17)15(11-16)13-23-24-20(26)14-3-1-9-22-12-14/h1-13H,(H,24,26)/b8-6-,23-13+. The maximum Gasteiger partial charge on any atom is 0.336 e. The Labute approximate surface area is 168 Å². The van der Waals surface area contributed by atoms with Gasteiger partial charge in [-0.3, -0.25) is 9.78 Å². The van der Waals surface area contributed by atoms with Crippen LogP contribution in [0.1, 0.15) is 21.7 Å². The third kappa shape index (κ3) is 5.49. The van der Waals surface area contributed by atoms with E-state index in [9.17, 15) is 9.59 Å². The van der Waals surface area contributed by atoms with Crippen molar-refractivity contribution in [3.63, 3.8) is 0 Å². The Morgan fingerprint density at radius 3 is 2.86 bits per heavy atom. The minimum atomic E-state index is -0.576. The van der Waals surface area contributed by atoms with Crippen molar-refractivity contribution in [1.29, 1.82) is 0 Å². The lowest BCUT2D eigenvalue weighted by Gasteiger charge is -2.06. The summed E-state index contributed by atoms with van der Waals surface area (Å²) in [5.74, 6) is -0.156. The summed E-state index contributed by atoms with van der Waals surface area (Å²) in [7, 11) is 0. The van der Waals surface area contributed by atoms with Crippen LogP contribution in [0, 0.1) is 0 Å². The summed E-state index contributed by atoms with van der Waals surface area (Å²) < 4.78 is 11.2. The van der Waals surface area contributed by atoms with Crippen LogP contribution < -0.4 is 10.2 Å². The van der Waals surface area contributed by atoms with E-state index in [1.807, 2.05) is 0 Å². The van der Waals surface area contributed by atoms with Crippen LogP contribution in [0.5, 0.6) is 5.75 Å². The number of ether oxygens (including phenoxy) is 1. The molecule has 8 heteroatoms. The fourth-order valence-electron chi connectivity index (χ4n) is 2.11. The number of hydrazone groups is 1. The van der Waals surface area contributed by atoms with Gasteiger partial charge in [0.1, 0.15) is 11.5 Å². The van der Waals surface area contributed by atoms with Crippen LogP contribution >= 0.6 is 15.9 Å². The van der Waals surface area contributed by atoms with E-state index in [0.29, 0.717) is 16.9 Å². The van der Waals surface area contributed by atoms with E-state index >= 15 is 0 Å². The molecule has 0 fully saturated rings. The van der Waals surface area contributed by atoms with Gasteiger partial charge in [0, 0.05) is 28.5 Å². The molecule has 0 radical (unpaired) electrons. The van der Waals surface area contributed by atoms with Crippen LogP contribution in [0.15, 0.2) is 81.2 Å². The number of nitrogens with one attached hydrogen (secondary N) is 1. The van der Waals surface area contributed by atoms with Crippen LogP contribution in [0.25, 0.3) is 6.08 Å². The van der Waals surface area contributed by atoms with Gasteiger partial charge in [0.05, 0.1) is 18.0 Å². The van der Waals surface area contributed by atoms with Gasteiger partial charge >= 0.3 is 5.97 Å². The smallest absolute Gasteiger partial charge is 0.336 e. The van der Waals surface area contributed by atoms with E-state index in [-0.39, 0.29) is 5.75 Å². The van der Waals surface area contributed by atoms with Gasteiger partial charge in [0.25, 0.3) is 5.91 Å². The number of carbonyl (C=O) groups is 2. The maximum absolute atomic E-state index is 12.0. The molecular formula is C20H14BrN3O4. The molecule has 3 aromatic rings. The van der Waals surface area contributed by atoms with Gasteiger partial charge in [-0.2, -0.15) is 5.10 Å². The van der Waals surface area contributed by atoms with Crippen LogP contribution in [-0.4, -0.2) is 23.1 Å². The quantitative estimate of drug-likeness (QED) is 0.207. The number of aromatic nitrogens is 1. The zero-order valence-corrected chi connectivity index (χ0v) is 16.0. The molecule has 7 nitrogen and oxygen atoms in total. The number of furan rings is 1. The molecule has 1 amide bonds. The SMILES string of the molecule is O=C(/C=C\c1ccco1)Oc1ccc(Br)cc1/C=N/NC(=O)c1cccnc1. The van der Waals surface area contributed by atoms with Crippen molar-refractivity contribution >= 4 is 40.1 Å². The minimum Gasteiger partial charge on any atom is -0.465 e. The lowest BCUT2D eigenvalue weighted by molar-refractivity contribution is -0.128. The Hall–Kier alpha value is -3.52. The lowest BCUT2D eigenvalue weighted by atomic mass is 10.2. The third-order valence-corrected chi connectivity index (χ3v) is 3.90. The largest absolute Gasteiger partial charge is 0.465 e. The summed E-state index contributed by atoms with van der Waals surface area (Å²) in [6.07, 6.45) is 8.66. The highest BCUT2D eigenvalue weighted by Crippen LogP contribution is 2.22. The second-order valence-corrected chi connectivity index (χ2v) is 6.31. The van der Waals surface area contributed by atoms with E-state index in [1.165, 1.54) is 30.8 Å². The molecule has 0 aliphatic carbocycles. The molecule has 0 saturated heterocycles. The molecule has 0 unspecified atom stereocenters. The van der Waals surface area contributed by atoms with E-state index in [1.54, 1.807) is 48.7 Å². The second-order valence-electron chi connectivity index (χ2n) is 5.39. The Bertz CT molecular complexity index is 1020. The number of hydrogen-bond donors (Lipinski definition) is 1. The van der Waals surface area contributed by atoms with Gasteiger partial charge in [0.15, 0.2) is 0 Å². The van der Waals surface area contributed by atoms with Crippen LogP contribution in [0.3, 0.4) is 0 Å². The summed E-state index contributed by atoms with van der Waals surface area (Å²) in [5.41, 5.74) is 3.28. The normalized spacial score (nSPS) is 11.0. The number of nitrogens with zero attached hydrogens (tertiary/aromatic N) is 2. The highest BCUT2D eigenvalue weighted by molar-refractivity contribution is 9.10. The molecule has 0 aliphatic heterocycles. The van der Waals surface area contributed by atoms with Gasteiger partial charge < -0.3 is 9.15 Å². The van der Waals surface area contributed by atoms with Gasteiger partial charge in [0.2, 0.25) is 0 Å². The average molecular weight is 440 g/mol. The molecule has 0 spiro atoms. The summed E-state index contributed by atoms with van der Waals surface area (Å²) in [5, 5.41) is 3.92. The fourth-order valence-corrected chi connectivity index (χ4v) is 2.49. The van der Waals surface area contributed by atoms with Crippen molar-refractivity contribution in [2.24, 2.45) is 5.10 Å². The molecule has 1 aromatic carbocycles. The molecule has 140 valence electrons. The minimum absolute atomic E-state index is 0.289. The lowest BCUT2D eigenvalue weighted by Crippen LogP contribution is -2.17. The van der Waals surface area contributed by atoms with Crippen LogP contribution in [0.2, 0.25) is 0 Å². The number of pyridine rings is 1. The van der Waals surface area contributed by atoms with Crippen LogP contribution in [0.4, 0.5) is 0 Å². The van der Waals surface area contributed by atoms with E-state index in [0.717, 1.165) is 4.47 Å². The Morgan fingerprint density at radius 2 is 2.11 bits per heavy atom. The second kappa shape index (κ2) is 9.43. The first-order valence-electron chi connectivity index (χ1n) is 8.08. The maximum atomic E-state index is 12.0. The van der Waals surface area contributed by atoms with Crippen LogP contribution in [-0.2, 0) is 4.79 Å². The fraction of sp³-hybridized carbons (Fsp3) is 0. The van der Waals surface area contributed by atoms with E-state index in [4.69, 9.17) is 9.15 Å². The van der Waals surface area contributed by atoms with Crippen molar-refractivity contribution < 1.29 is 18.7 Å². The molecule has 0 atom stereocenters. The topological polar surface area (TPSA) is 93.8 Å². The van der Waals surface area contributed by atoms with Gasteiger partial charge in [-0.05, 0) is 48.5 Å². The number of halogens is 1. The highest BCUT2D eigenvalue weighted by atomic mass is 79.9. The number of hydrogen-bond acceptors (Lipinski definition) is 6. The van der Waals surface area contributed by atoms with Gasteiger partial charge in [-0.15, -0.1) is 0 Å². The molecule has 2 heterocycles. The first-order chi connectivity index (χ1) is 13.6. The molecule has 3 rings (SSSR count). The van der Waals surface area contributed by atoms with Gasteiger partial charge in [-0.1, -0.05) is 15.9 Å². The van der Waals surface area contributed by atoms with Crippen molar-refractivity contribution in [2.45, 2.75) is 0 Å². The first-order valence-corrected chi connectivity index (χ1v) is 8.87. The Balaban J connectivity index is 1.68. The Kier molecular flexibility index (Phi) is 6.48. The molecule has 1 N–H and O–H groups in total. The first kappa shape index (κ1) is 19.2. The predicted molar refractivity (Wildman–Crippen MR) is 107 cm³/mol. The number of carbonyl (C=O) groups excluding carboxylic acids is 2. The summed E-state index contributed by atoms with van der Waals surface area (Å²) in [4.78, 5) is 27.9. The summed E-state index contributed by atoms with van der Waals surface area (Å²) >= 11 is 3.35. The summed E-state index contributed by atoms with van der Waals surface area (Å²) in [6.45, 7) is 0.